The van der Waals surface area contributed by atoms with E-state index in [4.69, 9.17) is 17.3 Å². The Morgan fingerprint density at radius 2 is 2.19 bits per heavy atom. The minimum atomic E-state index is -0.117. The second kappa shape index (κ2) is 7.28. The molecule has 0 unspecified atom stereocenters. The largest absolute Gasteiger partial charge is 0.347 e. The first kappa shape index (κ1) is 15.6. The van der Waals surface area contributed by atoms with E-state index in [1.165, 1.54) is 11.3 Å². The highest BCUT2D eigenvalue weighted by molar-refractivity contribution is 7.16. The normalized spacial score (nSPS) is 9.86. The average Bonchev–Trinajstić information content (AvgIpc) is 2.89. The molecule has 0 fully saturated rings. The molecule has 0 bridgehead atoms. The van der Waals surface area contributed by atoms with Crippen molar-refractivity contribution >= 4 is 28.8 Å². The van der Waals surface area contributed by atoms with Gasteiger partial charge in [0.1, 0.15) is 0 Å². The highest BCUT2D eigenvalue weighted by Crippen LogP contribution is 2.21. The number of nitrogens with one attached hydrogen (secondary N) is 1. The number of thiophene rings is 1. The zero-order valence-corrected chi connectivity index (χ0v) is 13.1. The van der Waals surface area contributed by atoms with Crippen molar-refractivity contribution in [2.24, 2.45) is 5.73 Å². The molecule has 0 saturated carbocycles. The van der Waals surface area contributed by atoms with Gasteiger partial charge in [-0.15, -0.1) is 11.3 Å². The van der Waals surface area contributed by atoms with Crippen LogP contribution < -0.4 is 11.1 Å². The van der Waals surface area contributed by atoms with Crippen molar-refractivity contribution in [2.75, 3.05) is 6.54 Å². The van der Waals surface area contributed by atoms with Crippen LogP contribution in [-0.4, -0.2) is 12.5 Å². The van der Waals surface area contributed by atoms with Gasteiger partial charge in [0.05, 0.1) is 17.4 Å². The molecule has 108 valence electrons. The molecule has 0 atom stereocenters. The van der Waals surface area contributed by atoms with Gasteiger partial charge in [0.2, 0.25) is 0 Å². The van der Waals surface area contributed by atoms with Crippen molar-refractivity contribution in [1.29, 1.82) is 0 Å². The van der Waals surface area contributed by atoms with E-state index in [1.807, 2.05) is 31.2 Å². The molecule has 0 saturated heterocycles. The van der Waals surface area contributed by atoms with Crippen LogP contribution in [0.3, 0.4) is 0 Å². The summed E-state index contributed by atoms with van der Waals surface area (Å²) in [6.45, 7) is 2.65. The van der Waals surface area contributed by atoms with Crippen LogP contribution in [0.4, 0.5) is 0 Å². The summed E-state index contributed by atoms with van der Waals surface area (Å²) in [7, 11) is 0. The number of amides is 1. The number of rotatable bonds is 3. The fourth-order valence-electron chi connectivity index (χ4n) is 1.87. The second-order valence-electron chi connectivity index (χ2n) is 4.37. The topological polar surface area (TPSA) is 55.1 Å². The van der Waals surface area contributed by atoms with Gasteiger partial charge >= 0.3 is 0 Å². The minimum Gasteiger partial charge on any atom is -0.347 e. The maximum atomic E-state index is 12.3. The molecule has 0 spiro atoms. The number of halogens is 1. The van der Waals surface area contributed by atoms with Gasteiger partial charge in [0.15, 0.2) is 0 Å². The molecule has 0 aliphatic rings. The fraction of sp³-hybridized carbons (Fsp3) is 0.188. The second-order valence-corrected chi connectivity index (χ2v) is 6.17. The van der Waals surface area contributed by atoms with E-state index in [9.17, 15) is 4.79 Å². The van der Waals surface area contributed by atoms with E-state index < -0.39 is 0 Å². The van der Waals surface area contributed by atoms with E-state index in [-0.39, 0.29) is 5.91 Å². The van der Waals surface area contributed by atoms with Crippen LogP contribution in [0.1, 0.15) is 26.4 Å². The van der Waals surface area contributed by atoms with Gasteiger partial charge in [0.25, 0.3) is 5.91 Å². The van der Waals surface area contributed by atoms with Gasteiger partial charge in [-0.25, -0.2) is 0 Å². The van der Waals surface area contributed by atoms with Gasteiger partial charge in [-0.1, -0.05) is 29.5 Å². The lowest BCUT2D eigenvalue weighted by molar-refractivity contribution is 0.0950. The molecule has 1 aromatic carbocycles. The molecular formula is C16H15ClN2OS. The van der Waals surface area contributed by atoms with Gasteiger partial charge in [0, 0.05) is 16.0 Å². The lowest BCUT2D eigenvalue weighted by Crippen LogP contribution is -2.23. The van der Waals surface area contributed by atoms with E-state index in [0.29, 0.717) is 18.7 Å². The van der Waals surface area contributed by atoms with Crippen LogP contribution in [0.15, 0.2) is 30.3 Å². The number of hydrogen-bond acceptors (Lipinski definition) is 3. The van der Waals surface area contributed by atoms with E-state index >= 15 is 0 Å². The van der Waals surface area contributed by atoms with Crippen LogP contribution in [-0.2, 0) is 6.54 Å². The Morgan fingerprint density at radius 1 is 1.38 bits per heavy atom. The maximum Gasteiger partial charge on any atom is 0.251 e. The molecule has 1 amide bonds. The first-order valence-corrected chi connectivity index (χ1v) is 7.62. The Morgan fingerprint density at radius 3 is 2.86 bits per heavy atom. The van der Waals surface area contributed by atoms with Crippen molar-refractivity contribution in [3.05, 3.63) is 56.2 Å². The lowest BCUT2D eigenvalue weighted by Gasteiger charge is -2.08. The Bertz CT molecular complexity index is 713. The standard InChI is InChI=1S/C16H15ClN2OS/c1-11-12(5-3-9-18)4-2-6-14(11)16(20)19-10-13-7-8-15(17)21-13/h2,4,6-8H,9-10,18H2,1H3,(H,19,20). The summed E-state index contributed by atoms with van der Waals surface area (Å²) in [5.74, 6) is 5.66. The number of carbonyl (C=O) groups excluding carboxylic acids is 1. The molecule has 3 nitrogen and oxygen atoms in total. The van der Waals surface area contributed by atoms with Crippen molar-refractivity contribution < 1.29 is 4.79 Å². The summed E-state index contributed by atoms with van der Waals surface area (Å²) in [6, 6.07) is 9.23. The summed E-state index contributed by atoms with van der Waals surface area (Å²) in [5.41, 5.74) is 7.69. The van der Waals surface area contributed by atoms with Gasteiger partial charge in [-0.2, -0.15) is 0 Å². The van der Waals surface area contributed by atoms with Crippen molar-refractivity contribution in [3.63, 3.8) is 0 Å². The van der Waals surface area contributed by atoms with E-state index in [0.717, 1.165) is 20.3 Å². The first-order valence-electron chi connectivity index (χ1n) is 6.42. The van der Waals surface area contributed by atoms with Crippen molar-refractivity contribution in [2.45, 2.75) is 13.5 Å². The van der Waals surface area contributed by atoms with Crippen LogP contribution >= 0.6 is 22.9 Å². The molecule has 5 heteroatoms. The maximum absolute atomic E-state index is 12.3. The van der Waals surface area contributed by atoms with Gasteiger partial charge in [-0.3, -0.25) is 4.79 Å². The SMILES string of the molecule is Cc1c(C#CCN)cccc1C(=O)NCc1ccc(Cl)s1. The van der Waals surface area contributed by atoms with Crippen LogP contribution in [0.2, 0.25) is 4.34 Å². The molecular weight excluding hydrogens is 304 g/mol. The molecule has 1 heterocycles. The van der Waals surface area contributed by atoms with Crippen LogP contribution in [0.5, 0.6) is 0 Å². The molecule has 0 aliphatic carbocycles. The lowest BCUT2D eigenvalue weighted by atomic mass is 10.0. The smallest absolute Gasteiger partial charge is 0.251 e. The van der Waals surface area contributed by atoms with Gasteiger partial charge < -0.3 is 11.1 Å². The molecule has 21 heavy (non-hydrogen) atoms. The summed E-state index contributed by atoms with van der Waals surface area (Å²) in [4.78, 5) is 13.3. The summed E-state index contributed by atoms with van der Waals surface area (Å²) in [5, 5.41) is 2.89. The number of benzene rings is 1. The molecule has 3 N–H and O–H groups in total. The molecule has 2 aromatic rings. The summed E-state index contributed by atoms with van der Waals surface area (Å²) < 4.78 is 0.717. The van der Waals surface area contributed by atoms with Crippen LogP contribution in [0.25, 0.3) is 0 Å². The van der Waals surface area contributed by atoms with Crippen molar-refractivity contribution in [1.82, 2.24) is 5.32 Å². The third kappa shape index (κ3) is 4.08. The average molecular weight is 319 g/mol. The van der Waals surface area contributed by atoms with Crippen LogP contribution in [0, 0.1) is 18.8 Å². The third-order valence-electron chi connectivity index (χ3n) is 2.96. The molecule has 1 aromatic heterocycles. The predicted octanol–water partition coefficient (Wildman–Crippen LogP) is 2.95. The fourth-order valence-corrected chi connectivity index (χ4v) is 2.90. The predicted molar refractivity (Wildman–Crippen MR) is 87.6 cm³/mol. The zero-order chi connectivity index (χ0) is 15.2. The summed E-state index contributed by atoms with van der Waals surface area (Å²) >= 11 is 7.33. The third-order valence-corrected chi connectivity index (χ3v) is 4.19. The Balaban J connectivity index is 2.12. The zero-order valence-electron chi connectivity index (χ0n) is 11.6. The first-order chi connectivity index (χ1) is 10.1. The quantitative estimate of drug-likeness (QED) is 0.855. The Labute approximate surface area is 133 Å². The monoisotopic (exact) mass is 318 g/mol. The summed E-state index contributed by atoms with van der Waals surface area (Å²) in [6.07, 6.45) is 0. The number of carbonyl (C=O) groups is 1. The van der Waals surface area contributed by atoms with Crippen molar-refractivity contribution in [3.8, 4) is 11.8 Å². The number of nitrogens with two attached hydrogens (primary N) is 1. The minimum absolute atomic E-state index is 0.117. The Hall–Kier alpha value is -1.80. The molecule has 0 aliphatic heterocycles. The molecule has 0 radical (unpaired) electrons. The van der Waals surface area contributed by atoms with E-state index in [1.54, 1.807) is 6.07 Å². The molecule has 2 rings (SSSR count). The highest BCUT2D eigenvalue weighted by Gasteiger charge is 2.11. The Kier molecular flexibility index (Phi) is 5.40. The highest BCUT2D eigenvalue weighted by atomic mass is 35.5. The van der Waals surface area contributed by atoms with E-state index in [2.05, 4.69) is 17.2 Å². The number of hydrogen-bond donors (Lipinski definition) is 2. The van der Waals surface area contributed by atoms with Gasteiger partial charge in [-0.05, 0) is 36.8 Å².